The number of likely N-dealkylation sites (tertiary alicyclic amines) is 1. The number of hydrogen-bond acceptors (Lipinski definition) is 5. The Bertz CT molecular complexity index is 1190. The topological polar surface area (TPSA) is 54.8 Å². The van der Waals surface area contributed by atoms with Crippen LogP contribution < -0.4 is 9.47 Å². The number of nitrogens with zero attached hydrogens (tertiary/aromatic N) is 2. The molecule has 1 N–H and O–H groups in total. The van der Waals surface area contributed by atoms with Gasteiger partial charge in [0.2, 0.25) is 0 Å². The van der Waals surface area contributed by atoms with Crippen LogP contribution in [0.4, 0.5) is 4.39 Å². The van der Waals surface area contributed by atoms with Crippen molar-refractivity contribution in [2.24, 2.45) is 11.8 Å². The molecule has 1 saturated heterocycles. The number of ether oxygens (including phenoxy) is 2. The third-order valence-corrected chi connectivity index (χ3v) is 6.93. The van der Waals surface area contributed by atoms with Crippen LogP contribution in [-0.4, -0.2) is 55.5 Å². The standard InChI is InChI=1S/C29H33FN2O3/c1-34-24-7-3-5-21(17-24)6-4-15-32-16-13-22(23(19-32)20-33)8-10-28(30)26-12-14-31-29-11-9-25(35-2)18-27(26)29/h3,5,7,9,11-12,14,17-18,22-23,28,33H,8,10,13,15-16,19-20H2,1-2H3/t22-,23-,28-/m1/s1. The molecule has 3 atom stereocenters. The highest BCUT2D eigenvalue weighted by atomic mass is 19.1. The van der Waals surface area contributed by atoms with Crippen LogP contribution in [0.1, 0.15) is 36.6 Å². The molecule has 5 nitrogen and oxygen atoms in total. The Morgan fingerprint density at radius 3 is 2.74 bits per heavy atom. The molecule has 0 saturated carbocycles. The van der Waals surface area contributed by atoms with Crippen molar-refractivity contribution in [1.29, 1.82) is 0 Å². The number of fused-ring (bicyclic) bond motifs is 1. The van der Waals surface area contributed by atoms with Gasteiger partial charge in [-0.1, -0.05) is 17.9 Å². The number of hydrogen-bond donors (Lipinski definition) is 1. The Labute approximate surface area is 206 Å². The highest BCUT2D eigenvalue weighted by molar-refractivity contribution is 5.83. The van der Waals surface area contributed by atoms with Gasteiger partial charge >= 0.3 is 0 Å². The van der Waals surface area contributed by atoms with Gasteiger partial charge in [-0.25, -0.2) is 4.39 Å². The normalized spacial score (nSPS) is 19.1. The number of rotatable bonds is 8. The number of benzene rings is 2. The van der Waals surface area contributed by atoms with Gasteiger partial charge < -0.3 is 14.6 Å². The summed E-state index contributed by atoms with van der Waals surface area (Å²) in [4.78, 5) is 6.64. The second kappa shape index (κ2) is 12.0. The zero-order chi connectivity index (χ0) is 24.6. The maximum absolute atomic E-state index is 15.4. The highest BCUT2D eigenvalue weighted by Gasteiger charge is 2.29. The van der Waals surface area contributed by atoms with E-state index in [1.165, 1.54) is 0 Å². The number of aliphatic hydroxyl groups excluding tert-OH is 1. The first kappa shape index (κ1) is 25.0. The zero-order valence-electron chi connectivity index (χ0n) is 20.4. The molecule has 1 aliphatic heterocycles. The Morgan fingerprint density at radius 1 is 1.11 bits per heavy atom. The fraction of sp³-hybridized carbons (Fsp3) is 0.414. The average molecular weight is 477 g/mol. The van der Waals surface area contributed by atoms with Gasteiger partial charge in [0.05, 0.1) is 26.3 Å². The van der Waals surface area contributed by atoms with Crippen LogP contribution in [0.15, 0.2) is 54.7 Å². The van der Waals surface area contributed by atoms with Crippen molar-refractivity contribution in [2.45, 2.75) is 25.4 Å². The predicted molar refractivity (Wildman–Crippen MR) is 136 cm³/mol. The number of alkyl halides is 1. The van der Waals surface area contributed by atoms with Crippen LogP contribution in [0.3, 0.4) is 0 Å². The molecule has 2 aromatic carbocycles. The van der Waals surface area contributed by atoms with E-state index in [0.29, 0.717) is 30.2 Å². The lowest BCUT2D eigenvalue weighted by atomic mass is 9.81. The van der Waals surface area contributed by atoms with Gasteiger partial charge in [-0.05, 0) is 85.7 Å². The van der Waals surface area contributed by atoms with Gasteiger partial charge in [-0.15, -0.1) is 0 Å². The third-order valence-electron chi connectivity index (χ3n) is 6.93. The monoisotopic (exact) mass is 476 g/mol. The van der Waals surface area contributed by atoms with Crippen molar-refractivity contribution < 1.29 is 19.0 Å². The summed E-state index contributed by atoms with van der Waals surface area (Å²) >= 11 is 0. The summed E-state index contributed by atoms with van der Waals surface area (Å²) in [5, 5.41) is 10.8. The molecule has 1 fully saturated rings. The first-order chi connectivity index (χ1) is 17.1. The average Bonchev–Trinajstić information content (AvgIpc) is 2.91. The maximum atomic E-state index is 15.4. The molecule has 0 unspecified atom stereocenters. The fourth-order valence-corrected chi connectivity index (χ4v) is 4.90. The second-order valence-electron chi connectivity index (χ2n) is 9.09. The van der Waals surface area contributed by atoms with E-state index in [1.54, 1.807) is 26.5 Å². The summed E-state index contributed by atoms with van der Waals surface area (Å²) in [6.07, 6.45) is 2.68. The zero-order valence-corrected chi connectivity index (χ0v) is 20.4. The van der Waals surface area contributed by atoms with Crippen LogP contribution in [0, 0.1) is 23.7 Å². The van der Waals surface area contributed by atoms with Crippen LogP contribution in [0.25, 0.3) is 10.9 Å². The maximum Gasteiger partial charge on any atom is 0.126 e. The van der Waals surface area contributed by atoms with Crippen LogP contribution >= 0.6 is 0 Å². The minimum absolute atomic E-state index is 0.108. The second-order valence-corrected chi connectivity index (χ2v) is 9.09. The number of aliphatic hydroxyl groups is 1. The molecule has 35 heavy (non-hydrogen) atoms. The van der Waals surface area contributed by atoms with Crippen molar-refractivity contribution in [3.63, 3.8) is 0 Å². The van der Waals surface area contributed by atoms with Gasteiger partial charge in [0.15, 0.2) is 0 Å². The lowest BCUT2D eigenvalue weighted by Crippen LogP contribution is -2.42. The molecule has 0 aliphatic carbocycles. The molecule has 3 aromatic rings. The van der Waals surface area contributed by atoms with Gasteiger partial charge in [0, 0.05) is 30.3 Å². The number of aromatic nitrogens is 1. The SMILES string of the molecule is COc1cccc(C#CCN2CC[C@@H](CC[C@@H](F)c3ccnc4ccc(OC)cc34)[C@@H](CO)C2)c1. The third kappa shape index (κ3) is 6.30. The Morgan fingerprint density at radius 2 is 1.94 bits per heavy atom. The molecule has 0 spiro atoms. The van der Waals surface area contributed by atoms with Crippen LogP contribution in [0.5, 0.6) is 11.5 Å². The molecule has 4 rings (SSSR count). The van der Waals surface area contributed by atoms with E-state index in [4.69, 9.17) is 9.47 Å². The molecular formula is C29H33FN2O3. The van der Waals surface area contributed by atoms with Crippen molar-refractivity contribution in [3.8, 4) is 23.3 Å². The van der Waals surface area contributed by atoms with E-state index in [1.807, 2.05) is 42.5 Å². The Balaban J connectivity index is 1.33. The van der Waals surface area contributed by atoms with E-state index in [2.05, 4.69) is 21.7 Å². The summed E-state index contributed by atoms with van der Waals surface area (Å²) in [7, 11) is 3.25. The highest BCUT2D eigenvalue weighted by Crippen LogP contribution is 2.35. The van der Waals surface area contributed by atoms with Crippen LogP contribution in [-0.2, 0) is 0 Å². The van der Waals surface area contributed by atoms with Gasteiger partial charge in [0.1, 0.15) is 17.7 Å². The molecule has 184 valence electrons. The fourth-order valence-electron chi connectivity index (χ4n) is 4.90. The minimum atomic E-state index is -1.08. The molecule has 0 amide bonds. The molecule has 1 aromatic heterocycles. The minimum Gasteiger partial charge on any atom is -0.497 e. The Hall–Kier alpha value is -3.14. The summed E-state index contributed by atoms with van der Waals surface area (Å²) in [5.74, 6) is 8.35. The van der Waals surface area contributed by atoms with Crippen molar-refractivity contribution in [3.05, 3.63) is 65.9 Å². The van der Waals surface area contributed by atoms with Crippen molar-refractivity contribution in [2.75, 3.05) is 40.5 Å². The first-order valence-corrected chi connectivity index (χ1v) is 12.1. The summed E-state index contributed by atoms with van der Waals surface area (Å²) in [6, 6.07) is 15.0. The lowest BCUT2D eigenvalue weighted by molar-refractivity contribution is 0.0708. The largest absolute Gasteiger partial charge is 0.497 e. The van der Waals surface area contributed by atoms with Gasteiger partial charge in [-0.2, -0.15) is 0 Å². The van der Waals surface area contributed by atoms with Gasteiger partial charge in [0.25, 0.3) is 0 Å². The first-order valence-electron chi connectivity index (χ1n) is 12.1. The smallest absolute Gasteiger partial charge is 0.126 e. The summed E-state index contributed by atoms with van der Waals surface area (Å²) in [5.41, 5.74) is 2.34. The summed E-state index contributed by atoms with van der Waals surface area (Å²) in [6.45, 7) is 2.44. The molecule has 0 radical (unpaired) electrons. The molecule has 6 heteroatoms. The number of pyridine rings is 1. The van der Waals surface area contributed by atoms with Crippen molar-refractivity contribution in [1.82, 2.24) is 9.88 Å². The Kier molecular flexibility index (Phi) is 8.57. The predicted octanol–water partition coefficient (Wildman–Crippen LogP) is 5.02. The molecule has 1 aliphatic rings. The lowest BCUT2D eigenvalue weighted by Gasteiger charge is -2.37. The van der Waals surface area contributed by atoms with E-state index in [-0.39, 0.29) is 12.5 Å². The molecule has 0 bridgehead atoms. The number of piperidine rings is 1. The quantitative estimate of drug-likeness (QED) is 0.463. The summed E-state index contributed by atoms with van der Waals surface area (Å²) < 4.78 is 25.9. The van der Waals surface area contributed by atoms with E-state index < -0.39 is 6.17 Å². The molecule has 2 heterocycles. The van der Waals surface area contributed by atoms with Crippen LogP contribution in [0.2, 0.25) is 0 Å². The van der Waals surface area contributed by atoms with Gasteiger partial charge in [-0.3, -0.25) is 9.88 Å². The number of halogens is 1. The van der Waals surface area contributed by atoms with Crippen molar-refractivity contribution >= 4 is 10.9 Å². The van der Waals surface area contributed by atoms with E-state index >= 15 is 4.39 Å². The van der Waals surface area contributed by atoms with E-state index in [9.17, 15) is 5.11 Å². The number of methoxy groups -OCH3 is 2. The van der Waals surface area contributed by atoms with E-state index in [0.717, 1.165) is 48.1 Å². The molecular weight excluding hydrogens is 443 g/mol.